The van der Waals surface area contributed by atoms with Crippen LogP contribution in [0.1, 0.15) is 39.1 Å². The van der Waals surface area contributed by atoms with E-state index in [2.05, 4.69) is 65.7 Å². The van der Waals surface area contributed by atoms with E-state index in [9.17, 15) is 0 Å². The Morgan fingerprint density at radius 2 is 1.87 bits per heavy atom. The number of ether oxygens (including phenoxy) is 1. The van der Waals surface area contributed by atoms with Crippen molar-refractivity contribution >= 4 is 11.6 Å². The van der Waals surface area contributed by atoms with E-state index >= 15 is 0 Å². The molecule has 0 aliphatic heterocycles. The number of hydrogen-bond donors (Lipinski definition) is 2. The van der Waals surface area contributed by atoms with Gasteiger partial charge in [0.15, 0.2) is 17.4 Å². The molecule has 0 unspecified atom stereocenters. The fourth-order valence-electron chi connectivity index (χ4n) is 3.07. The summed E-state index contributed by atoms with van der Waals surface area (Å²) in [5, 5.41) is 15.2. The molecular weight excluding hydrogens is 376 g/mol. The van der Waals surface area contributed by atoms with E-state index in [1.54, 1.807) is 7.05 Å². The van der Waals surface area contributed by atoms with Crippen LogP contribution in [0.25, 0.3) is 5.65 Å². The number of nitrogens with one attached hydrogen (secondary N) is 2. The second-order valence-electron chi connectivity index (χ2n) is 8.44. The van der Waals surface area contributed by atoms with Crippen LogP contribution in [0.5, 0.6) is 5.75 Å². The topological polar surface area (TPSA) is 75.8 Å². The summed E-state index contributed by atoms with van der Waals surface area (Å²) in [5.74, 6) is 2.99. The van der Waals surface area contributed by atoms with Crippen molar-refractivity contribution in [2.24, 2.45) is 10.9 Å². The minimum absolute atomic E-state index is 0.0737. The summed E-state index contributed by atoms with van der Waals surface area (Å²) in [5.41, 5.74) is 2.00. The highest BCUT2D eigenvalue weighted by Crippen LogP contribution is 2.24. The normalized spacial score (nSPS) is 12.4. The van der Waals surface area contributed by atoms with Gasteiger partial charge in [0.25, 0.3) is 0 Å². The number of aromatic nitrogens is 3. The second kappa shape index (κ2) is 9.61. The molecule has 0 radical (unpaired) electrons. The molecule has 0 saturated heterocycles. The highest BCUT2D eigenvalue weighted by molar-refractivity contribution is 5.79. The summed E-state index contributed by atoms with van der Waals surface area (Å²) in [6.07, 6.45) is 1.96. The Morgan fingerprint density at radius 1 is 1.10 bits per heavy atom. The third-order valence-electron chi connectivity index (χ3n) is 4.94. The Morgan fingerprint density at radius 3 is 2.57 bits per heavy atom. The van der Waals surface area contributed by atoms with Crippen LogP contribution in [0.3, 0.4) is 0 Å². The van der Waals surface area contributed by atoms with Crippen molar-refractivity contribution in [1.82, 2.24) is 25.2 Å². The summed E-state index contributed by atoms with van der Waals surface area (Å²) in [4.78, 5) is 4.34. The SMILES string of the molecule is CN=C(NCc1nnc2ccccn12)NCC(C)(C)c1ccc(OCC(C)C)cc1. The molecule has 2 heterocycles. The first-order valence-electron chi connectivity index (χ1n) is 10.4. The number of hydrogen-bond acceptors (Lipinski definition) is 4. The second-order valence-corrected chi connectivity index (χ2v) is 8.44. The molecule has 0 atom stereocenters. The zero-order valence-electron chi connectivity index (χ0n) is 18.5. The largest absolute Gasteiger partial charge is 0.493 e. The van der Waals surface area contributed by atoms with E-state index in [0.717, 1.165) is 36.3 Å². The fourth-order valence-corrected chi connectivity index (χ4v) is 3.07. The van der Waals surface area contributed by atoms with Crippen LogP contribution >= 0.6 is 0 Å². The van der Waals surface area contributed by atoms with Crippen LogP contribution in [-0.4, -0.2) is 40.8 Å². The molecule has 3 rings (SSSR count). The molecule has 1 aromatic carbocycles. The van der Waals surface area contributed by atoms with Crippen LogP contribution in [0.2, 0.25) is 0 Å². The molecule has 0 bridgehead atoms. The van der Waals surface area contributed by atoms with Gasteiger partial charge in [-0.1, -0.05) is 45.9 Å². The van der Waals surface area contributed by atoms with Gasteiger partial charge in [0.2, 0.25) is 0 Å². The lowest BCUT2D eigenvalue weighted by Gasteiger charge is -2.27. The average molecular weight is 409 g/mol. The molecule has 30 heavy (non-hydrogen) atoms. The Labute approximate surface area is 178 Å². The third-order valence-corrected chi connectivity index (χ3v) is 4.94. The molecule has 2 aromatic heterocycles. The van der Waals surface area contributed by atoms with E-state index in [-0.39, 0.29) is 5.41 Å². The van der Waals surface area contributed by atoms with E-state index < -0.39 is 0 Å². The highest BCUT2D eigenvalue weighted by Gasteiger charge is 2.21. The highest BCUT2D eigenvalue weighted by atomic mass is 16.5. The lowest BCUT2D eigenvalue weighted by Crippen LogP contribution is -2.43. The zero-order valence-corrected chi connectivity index (χ0v) is 18.5. The van der Waals surface area contributed by atoms with Crippen molar-refractivity contribution in [3.8, 4) is 5.75 Å². The van der Waals surface area contributed by atoms with Crippen LogP contribution in [0.4, 0.5) is 0 Å². The molecule has 0 aliphatic carbocycles. The maximum atomic E-state index is 5.79. The molecule has 7 heteroatoms. The van der Waals surface area contributed by atoms with Crippen molar-refractivity contribution in [2.45, 2.75) is 39.7 Å². The van der Waals surface area contributed by atoms with Gasteiger partial charge in [-0.25, -0.2) is 0 Å². The van der Waals surface area contributed by atoms with Crippen molar-refractivity contribution in [1.29, 1.82) is 0 Å². The first-order valence-corrected chi connectivity index (χ1v) is 10.4. The molecule has 7 nitrogen and oxygen atoms in total. The Bertz CT molecular complexity index is 975. The Hall–Kier alpha value is -3.09. The fraction of sp³-hybridized carbons (Fsp3) is 0.435. The van der Waals surface area contributed by atoms with Crippen LogP contribution < -0.4 is 15.4 Å². The number of benzene rings is 1. The van der Waals surface area contributed by atoms with Crippen LogP contribution in [0.15, 0.2) is 53.7 Å². The van der Waals surface area contributed by atoms with Gasteiger partial charge in [0, 0.05) is 25.2 Å². The van der Waals surface area contributed by atoms with Crippen LogP contribution in [0, 0.1) is 5.92 Å². The quantitative estimate of drug-likeness (QED) is 0.441. The van der Waals surface area contributed by atoms with E-state index in [4.69, 9.17) is 4.74 Å². The van der Waals surface area contributed by atoms with Crippen molar-refractivity contribution in [3.05, 3.63) is 60.0 Å². The van der Waals surface area contributed by atoms with Gasteiger partial charge in [0.05, 0.1) is 13.2 Å². The molecule has 0 spiro atoms. The van der Waals surface area contributed by atoms with E-state index in [1.807, 2.05) is 40.9 Å². The van der Waals surface area contributed by atoms with Gasteiger partial charge in [-0.15, -0.1) is 10.2 Å². The lowest BCUT2D eigenvalue weighted by atomic mass is 9.84. The van der Waals surface area contributed by atoms with E-state index in [0.29, 0.717) is 12.5 Å². The standard InChI is InChI=1S/C23H32N6O/c1-17(2)15-30-19-11-9-18(10-12-19)23(3,4)16-26-22(24-5)25-14-21-28-27-20-8-6-7-13-29(20)21/h6-13,17H,14-16H2,1-5H3,(H2,24,25,26). The minimum atomic E-state index is -0.0737. The molecule has 2 N–H and O–H groups in total. The molecule has 0 aliphatic rings. The van der Waals surface area contributed by atoms with E-state index in [1.165, 1.54) is 5.56 Å². The van der Waals surface area contributed by atoms with Gasteiger partial charge in [0.1, 0.15) is 5.75 Å². The molecule has 0 saturated carbocycles. The van der Waals surface area contributed by atoms with Gasteiger partial charge >= 0.3 is 0 Å². The average Bonchev–Trinajstić information content (AvgIpc) is 3.16. The molecule has 160 valence electrons. The number of nitrogens with zero attached hydrogens (tertiary/aromatic N) is 4. The first-order chi connectivity index (χ1) is 14.4. The number of fused-ring (bicyclic) bond motifs is 1. The Kier molecular flexibility index (Phi) is 6.92. The van der Waals surface area contributed by atoms with Gasteiger partial charge in [-0.3, -0.25) is 9.39 Å². The predicted octanol–water partition coefficient (Wildman–Crippen LogP) is 3.41. The maximum Gasteiger partial charge on any atom is 0.191 e. The van der Waals surface area contributed by atoms with Crippen molar-refractivity contribution in [2.75, 3.05) is 20.2 Å². The van der Waals surface area contributed by atoms with Crippen molar-refractivity contribution in [3.63, 3.8) is 0 Å². The zero-order chi connectivity index (χ0) is 21.6. The summed E-state index contributed by atoms with van der Waals surface area (Å²) in [6.45, 7) is 10.7. The molecule has 3 aromatic rings. The van der Waals surface area contributed by atoms with Gasteiger partial charge in [-0.05, 0) is 35.7 Å². The summed E-state index contributed by atoms with van der Waals surface area (Å²) in [7, 11) is 1.77. The lowest BCUT2D eigenvalue weighted by molar-refractivity contribution is 0.271. The Balaban J connectivity index is 1.55. The summed E-state index contributed by atoms with van der Waals surface area (Å²) < 4.78 is 7.76. The number of guanidine groups is 1. The van der Waals surface area contributed by atoms with Gasteiger partial charge < -0.3 is 15.4 Å². The smallest absolute Gasteiger partial charge is 0.191 e. The summed E-state index contributed by atoms with van der Waals surface area (Å²) >= 11 is 0. The summed E-state index contributed by atoms with van der Waals surface area (Å²) in [6, 6.07) is 14.2. The minimum Gasteiger partial charge on any atom is -0.493 e. The number of pyridine rings is 1. The molecule has 0 fully saturated rings. The predicted molar refractivity (Wildman–Crippen MR) is 121 cm³/mol. The maximum absolute atomic E-state index is 5.79. The number of aliphatic imine (C=N–C) groups is 1. The van der Waals surface area contributed by atoms with Crippen LogP contribution in [-0.2, 0) is 12.0 Å². The number of rotatable bonds is 8. The third kappa shape index (κ3) is 5.49. The molecular formula is C23H32N6O. The van der Waals surface area contributed by atoms with Gasteiger partial charge in [-0.2, -0.15) is 0 Å². The van der Waals surface area contributed by atoms with Crippen molar-refractivity contribution < 1.29 is 4.74 Å². The molecule has 0 amide bonds. The first kappa shape index (κ1) is 21.6. The monoisotopic (exact) mass is 408 g/mol.